The lowest BCUT2D eigenvalue weighted by molar-refractivity contribution is -0.384. The number of non-ortho nitro benzene ring substituents is 1. The molecule has 0 aliphatic heterocycles. The predicted molar refractivity (Wildman–Crippen MR) is 76.3 cm³/mol. The van der Waals surface area contributed by atoms with Crippen LogP contribution in [-0.2, 0) is 6.54 Å². The van der Waals surface area contributed by atoms with E-state index in [1.54, 1.807) is 12.1 Å². The molecule has 0 atom stereocenters. The van der Waals surface area contributed by atoms with Crippen molar-refractivity contribution in [1.29, 1.82) is 0 Å². The molecule has 1 amide bonds. The normalized spacial score (nSPS) is 10.2. The number of nitrogens with one attached hydrogen (secondary N) is 1. The van der Waals surface area contributed by atoms with E-state index >= 15 is 0 Å². The highest BCUT2D eigenvalue weighted by Crippen LogP contribution is 2.22. The average molecular weight is 341 g/mol. The second-order valence-electron chi connectivity index (χ2n) is 3.70. The van der Waals surface area contributed by atoms with Gasteiger partial charge in [-0.25, -0.2) is 0 Å². The van der Waals surface area contributed by atoms with Crippen LogP contribution in [0.3, 0.4) is 0 Å². The molecule has 0 saturated heterocycles. The maximum Gasteiger partial charge on any atom is 0.269 e. The molecule has 0 saturated carbocycles. The minimum absolute atomic E-state index is 0.0380. The topological polar surface area (TPSA) is 72.2 Å². The Morgan fingerprint density at radius 3 is 2.53 bits per heavy atom. The van der Waals surface area contributed by atoms with Gasteiger partial charge >= 0.3 is 0 Å². The van der Waals surface area contributed by atoms with Gasteiger partial charge in [-0.15, -0.1) is 11.3 Å². The molecule has 1 N–H and O–H groups in total. The molecule has 0 radical (unpaired) electrons. The number of rotatable bonds is 4. The summed E-state index contributed by atoms with van der Waals surface area (Å²) in [5.74, 6) is -0.166. The zero-order valence-corrected chi connectivity index (χ0v) is 12.0. The Kier molecular flexibility index (Phi) is 4.28. The van der Waals surface area contributed by atoms with Crippen molar-refractivity contribution < 1.29 is 9.72 Å². The molecule has 0 unspecified atom stereocenters. The second-order valence-corrected chi connectivity index (χ2v) is 5.47. The van der Waals surface area contributed by atoms with Crippen LogP contribution in [0.2, 0.25) is 0 Å². The fourth-order valence-electron chi connectivity index (χ4n) is 1.45. The number of amides is 1. The molecule has 5 nitrogen and oxygen atoms in total. The molecular weight excluding hydrogens is 332 g/mol. The molecule has 1 aromatic carbocycles. The lowest BCUT2D eigenvalue weighted by Crippen LogP contribution is -2.22. The number of hydrogen-bond donors (Lipinski definition) is 1. The van der Waals surface area contributed by atoms with Gasteiger partial charge < -0.3 is 5.32 Å². The number of halogens is 1. The highest BCUT2D eigenvalue weighted by Gasteiger charge is 2.11. The van der Waals surface area contributed by atoms with Crippen LogP contribution in [0.15, 0.2) is 40.2 Å². The van der Waals surface area contributed by atoms with Crippen molar-refractivity contribution in [2.24, 2.45) is 0 Å². The molecule has 0 aliphatic carbocycles. The number of hydrogen-bond acceptors (Lipinski definition) is 4. The Labute approximate surface area is 121 Å². The van der Waals surface area contributed by atoms with E-state index in [2.05, 4.69) is 21.2 Å². The molecule has 1 aromatic heterocycles. The molecule has 0 spiro atoms. The summed E-state index contributed by atoms with van der Waals surface area (Å²) in [5.41, 5.74) is 0.850. The van der Waals surface area contributed by atoms with Gasteiger partial charge in [-0.2, -0.15) is 0 Å². The average Bonchev–Trinajstić information content (AvgIpc) is 2.83. The third-order valence-corrected chi connectivity index (χ3v) is 4.26. The summed E-state index contributed by atoms with van der Waals surface area (Å²) in [6.45, 7) is 0.334. The van der Waals surface area contributed by atoms with E-state index in [0.29, 0.717) is 11.4 Å². The van der Waals surface area contributed by atoms with Gasteiger partial charge in [0, 0.05) is 23.2 Å². The van der Waals surface area contributed by atoms with E-state index in [1.165, 1.54) is 23.5 Å². The fourth-order valence-corrected chi connectivity index (χ4v) is 2.92. The fraction of sp³-hybridized carbons (Fsp3) is 0.0833. The number of carbonyl (C=O) groups excluding carboxylic acids is 1. The largest absolute Gasteiger partial charge is 0.347 e. The van der Waals surface area contributed by atoms with Crippen LogP contribution in [0.25, 0.3) is 0 Å². The Morgan fingerprint density at radius 1 is 1.32 bits per heavy atom. The van der Waals surface area contributed by atoms with Crippen LogP contribution in [0.1, 0.15) is 15.2 Å². The predicted octanol–water partition coefficient (Wildman–Crippen LogP) is 3.35. The number of nitrogens with zero attached hydrogens (tertiary/aromatic N) is 1. The third-order valence-electron chi connectivity index (χ3n) is 2.42. The van der Waals surface area contributed by atoms with Gasteiger partial charge in [0.25, 0.3) is 11.6 Å². The number of nitro benzene ring substituents is 1. The molecule has 19 heavy (non-hydrogen) atoms. The lowest BCUT2D eigenvalue weighted by Gasteiger charge is -2.04. The van der Waals surface area contributed by atoms with Gasteiger partial charge in [0.2, 0.25) is 0 Å². The first-order chi connectivity index (χ1) is 9.08. The van der Waals surface area contributed by atoms with Gasteiger partial charge in [-0.1, -0.05) is 12.1 Å². The summed E-state index contributed by atoms with van der Waals surface area (Å²) in [4.78, 5) is 22.5. The van der Waals surface area contributed by atoms with Crippen molar-refractivity contribution in [3.05, 3.63) is 60.7 Å². The SMILES string of the molecule is O=C(NCc1ccc([N+](=O)[O-])cc1)c1sccc1Br. The van der Waals surface area contributed by atoms with E-state index in [-0.39, 0.29) is 11.6 Å². The van der Waals surface area contributed by atoms with Crippen LogP contribution in [-0.4, -0.2) is 10.8 Å². The zero-order valence-electron chi connectivity index (χ0n) is 9.63. The first-order valence-electron chi connectivity index (χ1n) is 5.32. The summed E-state index contributed by atoms with van der Waals surface area (Å²) < 4.78 is 0.763. The maximum absolute atomic E-state index is 11.8. The molecule has 0 bridgehead atoms. The van der Waals surface area contributed by atoms with E-state index in [4.69, 9.17) is 0 Å². The third kappa shape index (κ3) is 3.39. The minimum Gasteiger partial charge on any atom is -0.347 e. The monoisotopic (exact) mass is 340 g/mol. The minimum atomic E-state index is -0.453. The van der Waals surface area contributed by atoms with Gasteiger partial charge in [-0.3, -0.25) is 14.9 Å². The summed E-state index contributed by atoms with van der Waals surface area (Å²) in [6.07, 6.45) is 0. The highest BCUT2D eigenvalue weighted by molar-refractivity contribution is 9.10. The van der Waals surface area contributed by atoms with E-state index < -0.39 is 4.92 Å². The first-order valence-corrected chi connectivity index (χ1v) is 6.99. The standard InChI is InChI=1S/C12H9BrN2O3S/c13-10-5-6-19-11(10)12(16)14-7-8-1-3-9(4-2-8)15(17)18/h1-6H,7H2,(H,14,16). The Bertz CT molecular complexity index is 610. The Morgan fingerprint density at radius 2 is 2.00 bits per heavy atom. The van der Waals surface area contributed by atoms with Crippen molar-refractivity contribution in [1.82, 2.24) is 5.32 Å². The van der Waals surface area contributed by atoms with Crippen LogP contribution < -0.4 is 5.32 Å². The van der Waals surface area contributed by atoms with E-state index in [9.17, 15) is 14.9 Å². The van der Waals surface area contributed by atoms with Crippen LogP contribution >= 0.6 is 27.3 Å². The molecule has 1 heterocycles. The summed E-state index contributed by atoms with van der Waals surface area (Å²) in [6, 6.07) is 7.90. The lowest BCUT2D eigenvalue weighted by atomic mass is 10.2. The van der Waals surface area contributed by atoms with Crippen molar-refractivity contribution in [2.75, 3.05) is 0 Å². The zero-order chi connectivity index (χ0) is 13.8. The van der Waals surface area contributed by atoms with Crippen LogP contribution in [0.5, 0.6) is 0 Å². The molecule has 7 heteroatoms. The number of nitro groups is 1. The van der Waals surface area contributed by atoms with Crippen molar-refractivity contribution in [3.63, 3.8) is 0 Å². The van der Waals surface area contributed by atoms with E-state index in [1.807, 2.05) is 11.4 Å². The van der Waals surface area contributed by atoms with Crippen molar-refractivity contribution in [3.8, 4) is 0 Å². The number of thiophene rings is 1. The van der Waals surface area contributed by atoms with Gasteiger partial charge in [0.15, 0.2) is 0 Å². The van der Waals surface area contributed by atoms with Gasteiger partial charge in [0.05, 0.1) is 4.92 Å². The summed E-state index contributed by atoms with van der Waals surface area (Å²) in [5, 5.41) is 15.1. The molecule has 98 valence electrons. The van der Waals surface area contributed by atoms with Crippen LogP contribution in [0, 0.1) is 10.1 Å². The number of carbonyl (C=O) groups is 1. The first kappa shape index (κ1) is 13.7. The van der Waals surface area contributed by atoms with Crippen molar-refractivity contribution >= 4 is 38.9 Å². The van der Waals surface area contributed by atoms with Crippen LogP contribution in [0.4, 0.5) is 5.69 Å². The summed E-state index contributed by atoms with van der Waals surface area (Å²) in [7, 11) is 0. The molecule has 2 rings (SSSR count). The molecule has 0 aliphatic rings. The van der Waals surface area contributed by atoms with Gasteiger partial charge in [0.1, 0.15) is 4.88 Å². The second kappa shape index (κ2) is 5.94. The molecule has 0 fully saturated rings. The smallest absolute Gasteiger partial charge is 0.269 e. The van der Waals surface area contributed by atoms with Crippen molar-refractivity contribution in [2.45, 2.75) is 6.54 Å². The molecular formula is C12H9BrN2O3S. The Balaban J connectivity index is 1.97. The van der Waals surface area contributed by atoms with Gasteiger partial charge in [-0.05, 0) is 32.9 Å². The highest BCUT2D eigenvalue weighted by atomic mass is 79.9. The maximum atomic E-state index is 11.8. The Hall–Kier alpha value is -1.73. The quantitative estimate of drug-likeness (QED) is 0.685. The molecule has 2 aromatic rings. The number of benzene rings is 1. The van der Waals surface area contributed by atoms with E-state index in [0.717, 1.165) is 10.0 Å². The summed E-state index contributed by atoms with van der Waals surface area (Å²) >= 11 is 4.64.